The number of halogens is 1. The van der Waals surface area contributed by atoms with E-state index in [2.05, 4.69) is 5.32 Å². The van der Waals surface area contributed by atoms with Gasteiger partial charge in [-0.3, -0.25) is 4.79 Å². The molecule has 0 spiro atoms. The summed E-state index contributed by atoms with van der Waals surface area (Å²) < 4.78 is 5.17. The molecule has 24 heavy (non-hydrogen) atoms. The Balaban J connectivity index is 1.79. The number of ether oxygens (including phenoxy) is 1. The predicted molar refractivity (Wildman–Crippen MR) is 94.8 cm³/mol. The first-order valence-corrected chi connectivity index (χ1v) is 8.06. The molecule has 1 aliphatic carbocycles. The Morgan fingerprint density at radius 3 is 2.62 bits per heavy atom. The SMILES string of the molecule is COc1ccc(C2CC(=O)C=C(Nc3cc(Cl)ccc3O)C2)cc1. The first kappa shape index (κ1) is 16.4. The van der Waals surface area contributed by atoms with Crippen LogP contribution in [0, 0.1) is 0 Å². The van der Waals surface area contributed by atoms with E-state index >= 15 is 0 Å². The van der Waals surface area contributed by atoms with Crippen molar-refractivity contribution >= 4 is 23.1 Å². The molecule has 0 heterocycles. The normalized spacial score (nSPS) is 17.3. The van der Waals surface area contributed by atoms with E-state index in [-0.39, 0.29) is 17.5 Å². The minimum absolute atomic E-state index is 0.0612. The van der Waals surface area contributed by atoms with Crippen molar-refractivity contribution in [3.05, 3.63) is 64.8 Å². The second-order valence-electron chi connectivity index (χ2n) is 5.80. The topological polar surface area (TPSA) is 58.6 Å². The fraction of sp³-hybridized carbons (Fsp3) is 0.211. The second-order valence-corrected chi connectivity index (χ2v) is 6.24. The van der Waals surface area contributed by atoms with Crippen LogP contribution in [0.3, 0.4) is 0 Å². The number of carbonyl (C=O) groups is 1. The molecule has 0 fully saturated rings. The summed E-state index contributed by atoms with van der Waals surface area (Å²) in [7, 11) is 1.63. The molecule has 1 unspecified atom stereocenters. The number of rotatable bonds is 4. The predicted octanol–water partition coefficient (Wildman–Crippen LogP) is 4.50. The van der Waals surface area contributed by atoms with Gasteiger partial charge in [0, 0.05) is 23.2 Å². The lowest BCUT2D eigenvalue weighted by Gasteiger charge is -2.24. The van der Waals surface area contributed by atoms with Gasteiger partial charge in [-0.05, 0) is 48.2 Å². The lowest BCUT2D eigenvalue weighted by atomic mass is 9.85. The maximum atomic E-state index is 12.1. The van der Waals surface area contributed by atoms with Gasteiger partial charge in [0.2, 0.25) is 0 Å². The largest absolute Gasteiger partial charge is 0.506 e. The molecule has 124 valence electrons. The van der Waals surface area contributed by atoms with Crippen LogP contribution in [0.4, 0.5) is 5.69 Å². The zero-order chi connectivity index (χ0) is 17.1. The zero-order valence-electron chi connectivity index (χ0n) is 13.3. The Hall–Kier alpha value is -2.46. The van der Waals surface area contributed by atoms with E-state index in [1.807, 2.05) is 24.3 Å². The third-order valence-corrected chi connectivity index (χ3v) is 4.33. The van der Waals surface area contributed by atoms with Gasteiger partial charge in [-0.25, -0.2) is 0 Å². The molecule has 2 aromatic carbocycles. The van der Waals surface area contributed by atoms with Crippen molar-refractivity contribution in [2.24, 2.45) is 0 Å². The summed E-state index contributed by atoms with van der Waals surface area (Å²) in [6.45, 7) is 0. The Morgan fingerprint density at radius 2 is 1.92 bits per heavy atom. The minimum Gasteiger partial charge on any atom is -0.506 e. The summed E-state index contributed by atoms with van der Waals surface area (Å²) in [5, 5.41) is 13.6. The van der Waals surface area contributed by atoms with Crippen molar-refractivity contribution in [2.45, 2.75) is 18.8 Å². The van der Waals surface area contributed by atoms with Crippen molar-refractivity contribution in [1.82, 2.24) is 0 Å². The number of phenols is 1. The van der Waals surface area contributed by atoms with Gasteiger partial charge >= 0.3 is 0 Å². The van der Waals surface area contributed by atoms with Gasteiger partial charge in [-0.15, -0.1) is 0 Å². The minimum atomic E-state index is 0.0612. The number of phenolic OH excluding ortho intramolecular Hbond substituents is 1. The number of hydrogen-bond donors (Lipinski definition) is 2. The maximum absolute atomic E-state index is 12.1. The summed E-state index contributed by atoms with van der Waals surface area (Å²) >= 11 is 5.97. The van der Waals surface area contributed by atoms with Gasteiger partial charge in [0.15, 0.2) is 5.78 Å². The van der Waals surface area contributed by atoms with Crippen LogP contribution in [0.15, 0.2) is 54.2 Å². The van der Waals surface area contributed by atoms with Gasteiger partial charge in [0.05, 0.1) is 12.8 Å². The van der Waals surface area contributed by atoms with E-state index in [0.29, 0.717) is 23.6 Å². The molecule has 0 aromatic heterocycles. The number of aromatic hydroxyl groups is 1. The highest BCUT2D eigenvalue weighted by molar-refractivity contribution is 6.30. The quantitative estimate of drug-likeness (QED) is 0.803. The molecule has 0 bridgehead atoms. The number of benzene rings is 2. The average molecular weight is 344 g/mol. The Labute approximate surface area is 145 Å². The Morgan fingerprint density at radius 1 is 1.17 bits per heavy atom. The fourth-order valence-electron chi connectivity index (χ4n) is 2.87. The van der Waals surface area contributed by atoms with E-state index in [4.69, 9.17) is 16.3 Å². The number of ketones is 1. The van der Waals surface area contributed by atoms with E-state index in [1.165, 1.54) is 6.07 Å². The van der Waals surface area contributed by atoms with Crippen molar-refractivity contribution in [2.75, 3.05) is 12.4 Å². The number of allylic oxidation sites excluding steroid dienone is 2. The van der Waals surface area contributed by atoms with E-state index < -0.39 is 0 Å². The Kier molecular flexibility index (Phi) is 4.76. The van der Waals surface area contributed by atoms with Crippen LogP contribution in [0.25, 0.3) is 0 Å². The zero-order valence-corrected chi connectivity index (χ0v) is 14.0. The molecule has 2 aromatic rings. The molecule has 0 aliphatic heterocycles. The first-order valence-electron chi connectivity index (χ1n) is 7.68. The van der Waals surface area contributed by atoms with Gasteiger partial charge in [0.25, 0.3) is 0 Å². The smallest absolute Gasteiger partial charge is 0.158 e. The lowest BCUT2D eigenvalue weighted by molar-refractivity contribution is -0.115. The number of carbonyl (C=O) groups excluding carboxylic acids is 1. The van der Waals surface area contributed by atoms with Crippen LogP contribution in [0.1, 0.15) is 24.3 Å². The van der Waals surface area contributed by atoms with Crippen LogP contribution >= 0.6 is 11.6 Å². The molecule has 4 nitrogen and oxygen atoms in total. The molecular weight excluding hydrogens is 326 g/mol. The summed E-state index contributed by atoms with van der Waals surface area (Å²) in [5.41, 5.74) is 2.36. The monoisotopic (exact) mass is 343 g/mol. The molecule has 0 radical (unpaired) electrons. The van der Waals surface area contributed by atoms with Crippen molar-refractivity contribution < 1.29 is 14.6 Å². The van der Waals surface area contributed by atoms with Crippen LogP contribution in [0.5, 0.6) is 11.5 Å². The molecule has 0 saturated heterocycles. The highest BCUT2D eigenvalue weighted by Gasteiger charge is 2.23. The molecule has 2 N–H and O–H groups in total. The van der Waals surface area contributed by atoms with Gasteiger partial charge in [-0.2, -0.15) is 0 Å². The highest BCUT2D eigenvalue weighted by Crippen LogP contribution is 2.35. The molecular formula is C19H18ClNO3. The van der Waals surface area contributed by atoms with Crippen LogP contribution in [0.2, 0.25) is 5.02 Å². The number of anilines is 1. The summed E-state index contributed by atoms with van der Waals surface area (Å²) in [6.07, 6.45) is 2.75. The molecule has 5 heteroatoms. The second kappa shape index (κ2) is 6.97. The van der Waals surface area contributed by atoms with Crippen LogP contribution in [-0.4, -0.2) is 18.0 Å². The van der Waals surface area contributed by atoms with Crippen molar-refractivity contribution in [3.8, 4) is 11.5 Å². The summed E-state index contributed by atoms with van der Waals surface area (Å²) in [4.78, 5) is 12.1. The molecule has 1 atom stereocenters. The lowest BCUT2D eigenvalue weighted by Crippen LogP contribution is -2.16. The number of methoxy groups -OCH3 is 1. The number of nitrogens with one attached hydrogen (secondary N) is 1. The third-order valence-electron chi connectivity index (χ3n) is 4.09. The summed E-state index contributed by atoms with van der Waals surface area (Å²) in [6, 6.07) is 12.5. The van der Waals surface area contributed by atoms with Gasteiger partial charge < -0.3 is 15.2 Å². The molecule has 3 rings (SSSR count). The van der Waals surface area contributed by atoms with E-state index in [0.717, 1.165) is 17.0 Å². The highest BCUT2D eigenvalue weighted by atomic mass is 35.5. The van der Waals surface area contributed by atoms with Crippen molar-refractivity contribution in [3.63, 3.8) is 0 Å². The van der Waals surface area contributed by atoms with E-state index in [9.17, 15) is 9.90 Å². The van der Waals surface area contributed by atoms with Gasteiger partial charge in [0.1, 0.15) is 11.5 Å². The maximum Gasteiger partial charge on any atom is 0.158 e. The molecule has 1 aliphatic rings. The number of hydrogen-bond acceptors (Lipinski definition) is 4. The average Bonchev–Trinajstić information content (AvgIpc) is 2.58. The fourth-order valence-corrected chi connectivity index (χ4v) is 3.05. The van der Waals surface area contributed by atoms with Crippen LogP contribution < -0.4 is 10.1 Å². The molecule has 0 amide bonds. The van der Waals surface area contributed by atoms with E-state index in [1.54, 1.807) is 25.3 Å². The third kappa shape index (κ3) is 3.71. The molecule has 0 saturated carbocycles. The standard InChI is InChI=1S/C19H18ClNO3/c1-24-17-5-2-12(3-6-17)13-8-15(11-16(22)9-13)21-18-10-14(20)4-7-19(18)23/h2-7,10-11,13,21,23H,8-9H2,1H3. The Bertz CT molecular complexity index is 784. The summed E-state index contributed by atoms with van der Waals surface area (Å²) in [5.74, 6) is 1.04. The van der Waals surface area contributed by atoms with Gasteiger partial charge in [-0.1, -0.05) is 23.7 Å². The van der Waals surface area contributed by atoms with Crippen LogP contribution in [-0.2, 0) is 4.79 Å². The first-order chi connectivity index (χ1) is 11.5. The van der Waals surface area contributed by atoms with Crippen molar-refractivity contribution in [1.29, 1.82) is 0 Å².